The smallest absolute Gasteiger partial charge is 0.323 e. The lowest BCUT2D eigenvalue weighted by molar-refractivity contribution is -0.135. The van der Waals surface area contributed by atoms with Gasteiger partial charge in [-0.25, -0.2) is 0 Å². The molecule has 1 aromatic carbocycles. The van der Waals surface area contributed by atoms with E-state index in [1.165, 1.54) is 0 Å². The van der Waals surface area contributed by atoms with Gasteiger partial charge < -0.3 is 14.7 Å². The van der Waals surface area contributed by atoms with Crippen LogP contribution in [-0.4, -0.2) is 37.4 Å². The molecule has 0 radical (unpaired) electrons. The van der Waals surface area contributed by atoms with Gasteiger partial charge in [-0.05, 0) is 30.9 Å². The highest BCUT2D eigenvalue weighted by atomic mass is 16.5. The first-order chi connectivity index (χ1) is 8.75. The molecule has 1 atom stereocenters. The van der Waals surface area contributed by atoms with Crippen molar-refractivity contribution < 1.29 is 14.6 Å². The van der Waals surface area contributed by atoms with Gasteiger partial charge in [-0.1, -0.05) is 18.2 Å². The van der Waals surface area contributed by atoms with Crippen molar-refractivity contribution in [3.63, 3.8) is 0 Å². The summed E-state index contributed by atoms with van der Waals surface area (Å²) in [5, 5.41) is 9.00. The zero-order chi connectivity index (χ0) is 12.8. The summed E-state index contributed by atoms with van der Waals surface area (Å²) in [4.78, 5) is 12.9. The summed E-state index contributed by atoms with van der Waals surface area (Å²) in [6.07, 6.45) is 2.18. The topological polar surface area (TPSA) is 49.8 Å². The van der Waals surface area contributed by atoms with Crippen LogP contribution in [0.2, 0.25) is 0 Å². The van der Waals surface area contributed by atoms with Crippen LogP contribution in [0.3, 0.4) is 0 Å². The van der Waals surface area contributed by atoms with Crippen molar-refractivity contribution in [3.8, 4) is 0 Å². The zero-order valence-electron chi connectivity index (χ0n) is 10.4. The number of para-hydroxylation sites is 1. The Morgan fingerprint density at radius 1 is 1.39 bits per heavy atom. The van der Waals surface area contributed by atoms with Gasteiger partial charge in [0.15, 0.2) is 0 Å². The maximum atomic E-state index is 11.0. The fourth-order valence-corrected chi connectivity index (χ4v) is 2.33. The number of nitrogens with zero attached hydrogens (tertiary/aromatic N) is 1. The summed E-state index contributed by atoms with van der Waals surface area (Å²) in [5.74, 6) is -0.367. The van der Waals surface area contributed by atoms with E-state index >= 15 is 0 Å². The molecular weight excluding hydrogens is 230 g/mol. The summed E-state index contributed by atoms with van der Waals surface area (Å²) in [5.41, 5.74) is 0.963. The molecule has 98 valence electrons. The molecule has 0 saturated carbocycles. The van der Waals surface area contributed by atoms with Crippen molar-refractivity contribution in [2.45, 2.75) is 12.8 Å². The molecule has 1 aliphatic heterocycles. The Morgan fingerprint density at radius 2 is 2.17 bits per heavy atom. The number of aliphatic carboxylic acids is 1. The standard InChI is InChI=1S/C14H19NO3/c16-14(17)10-15(13-6-2-1-3-7-13)9-12-5-4-8-18-11-12/h1-3,6-7,12H,4-5,8-11H2,(H,16,17). The Morgan fingerprint density at radius 3 is 2.78 bits per heavy atom. The van der Waals surface area contributed by atoms with Gasteiger partial charge in [0.1, 0.15) is 6.54 Å². The average Bonchev–Trinajstić information content (AvgIpc) is 2.40. The summed E-state index contributed by atoms with van der Waals surface area (Å²) in [6.45, 7) is 2.36. The summed E-state index contributed by atoms with van der Waals surface area (Å²) >= 11 is 0. The molecule has 1 unspecified atom stereocenters. The van der Waals surface area contributed by atoms with Crippen LogP contribution < -0.4 is 4.90 Å². The van der Waals surface area contributed by atoms with E-state index in [1.807, 2.05) is 35.2 Å². The molecule has 1 N–H and O–H groups in total. The second-order valence-electron chi connectivity index (χ2n) is 4.69. The van der Waals surface area contributed by atoms with Crippen molar-refractivity contribution in [2.75, 3.05) is 31.2 Å². The zero-order valence-corrected chi connectivity index (χ0v) is 10.4. The fourth-order valence-electron chi connectivity index (χ4n) is 2.33. The lowest BCUT2D eigenvalue weighted by Crippen LogP contribution is -2.37. The molecule has 1 fully saturated rings. The number of ether oxygens (including phenoxy) is 1. The SMILES string of the molecule is O=C(O)CN(CC1CCCOC1)c1ccccc1. The van der Waals surface area contributed by atoms with Crippen LogP contribution >= 0.6 is 0 Å². The lowest BCUT2D eigenvalue weighted by Gasteiger charge is -2.30. The van der Waals surface area contributed by atoms with Gasteiger partial charge in [-0.2, -0.15) is 0 Å². The Balaban J connectivity index is 2.02. The summed E-state index contributed by atoms with van der Waals surface area (Å²) in [6, 6.07) is 9.70. The Bertz CT molecular complexity index is 374. The van der Waals surface area contributed by atoms with E-state index in [4.69, 9.17) is 9.84 Å². The maximum Gasteiger partial charge on any atom is 0.323 e. The molecule has 1 heterocycles. The van der Waals surface area contributed by atoms with Crippen LogP contribution in [0, 0.1) is 5.92 Å². The van der Waals surface area contributed by atoms with E-state index in [2.05, 4.69) is 0 Å². The first kappa shape index (κ1) is 12.9. The second-order valence-corrected chi connectivity index (χ2v) is 4.69. The molecule has 1 aliphatic rings. The highest BCUT2D eigenvalue weighted by Crippen LogP contribution is 2.19. The van der Waals surface area contributed by atoms with E-state index < -0.39 is 5.97 Å². The van der Waals surface area contributed by atoms with Crippen LogP contribution in [0.15, 0.2) is 30.3 Å². The number of anilines is 1. The minimum atomic E-state index is -0.796. The summed E-state index contributed by atoms with van der Waals surface area (Å²) < 4.78 is 5.45. The van der Waals surface area contributed by atoms with Crippen LogP contribution in [-0.2, 0) is 9.53 Å². The molecule has 18 heavy (non-hydrogen) atoms. The first-order valence-electron chi connectivity index (χ1n) is 6.35. The maximum absolute atomic E-state index is 11.0. The predicted octanol–water partition coefficient (Wildman–Crippen LogP) is 2.00. The van der Waals surface area contributed by atoms with Gasteiger partial charge >= 0.3 is 5.97 Å². The second kappa shape index (κ2) is 6.40. The van der Waals surface area contributed by atoms with E-state index in [0.29, 0.717) is 5.92 Å². The molecular formula is C14H19NO3. The third kappa shape index (κ3) is 3.74. The Hall–Kier alpha value is -1.55. The average molecular weight is 249 g/mol. The van der Waals surface area contributed by atoms with Crippen molar-refractivity contribution in [1.29, 1.82) is 0 Å². The molecule has 0 amide bonds. The van der Waals surface area contributed by atoms with E-state index in [9.17, 15) is 4.79 Å². The molecule has 0 spiro atoms. The minimum Gasteiger partial charge on any atom is -0.480 e. The minimum absolute atomic E-state index is 0.0422. The predicted molar refractivity (Wildman–Crippen MR) is 69.8 cm³/mol. The quantitative estimate of drug-likeness (QED) is 0.867. The summed E-state index contributed by atoms with van der Waals surface area (Å²) in [7, 11) is 0. The number of hydrogen-bond donors (Lipinski definition) is 1. The number of carboxylic acid groups (broad SMARTS) is 1. The van der Waals surface area contributed by atoms with Gasteiger partial charge in [-0.3, -0.25) is 4.79 Å². The molecule has 4 nitrogen and oxygen atoms in total. The monoisotopic (exact) mass is 249 g/mol. The lowest BCUT2D eigenvalue weighted by atomic mass is 10.0. The molecule has 2 rings (SSSR count). The van der Waals surface area contributed by atoms with Gasteiger partial charge in [0.2, 0.25) is 0 Å². The Kier molecular flexibility index (Phi) is 4.59. The van der Waals surface area contributed by atoms with Crippen molar-refractivity contribution in [1.82, 2.24) is 0 Å². The molecule has 1 aromatic rings. The van der Waals surface area contributed by atoms with Crippen molar-refractivity contribution in [3.05, 3.63) is 30.3 Å². The first-order valence-corrected chi connectivity index (χ1v) is 6.35. The van der Waals surface area contributed by atoms with E-state index in [-0.39, 0.29) is 6.54 Å². The van der Waals surface area contributed by atoms with Gasteiger partial charge in [-0.15, -0.1) is 0 Å². The van der Waals surface area contributed by atoms with Crippen LogP contribution in [0.1, 0.15) is 12.8 Å². The van der Waals surface area contributed by atoms with Crippen LogP contribution in [0.5, 0.6) is 0 Å². The fraction of sp³-hybridized carbons (Fsp3) is 0.500. The third-order valence-corrected chi connectivity index (χ3v) is 3.18. The molecule has 0 aliphatic carbocycles. The van der Waals surface area contributed by atoms with Gasteiger partial charge in [0.05, 0.1) is 6.61 Å². The molecule has 4 heteroatoms. The number of benzene rings is 1. The van der Waals surface area contributed by atoms with Crippen LogP contribution in [0.4, 0.5) is 5.69 Å². The number of hydrogen-bond acceptors (Lipinski definition) is 3. The third-order valence-electron chi connectivity index (χ3n) is 3.18. The highest BCUT2D eigenvalue weighted by molar-refractivity contribution is 5.73. The molecule has 0 bridgehead atoms. The Labute approximate surface area is 107 Å². The molecule has 0 aromatic heterocycles. The largest absolute Gasteiger partial charge is 0.480 e. The van der Waals surface area contributed by atoms with Crippen LogP contribution in [0.25, 0.3) is 0 Å². The van der Waals surface area contributed by atoms with Gasteiger partial charge in [0.25, 0.3) is 0 Å². The van der Waals surface area contributed by atoms with Crippen molar-refractivity contribution >= 4 is 11.7 Å². The van der Waals surface area contributed by atoms with Gasteiger partial charge in [0, 0.05) is 18.8 Å². The number of carbonyl (C=O) groups is 1. The molecule has 1 saturated heterocycles. The van der Waals surface area contributed by atoms with E-state index in [1.54, 1.807) is 0 Å². The number of carboxylic acids is 1. The number of rotatable bonds is 5. The van der Waals surface area contributed by atoms with E-state index in [0.717, 1.165) is 38.3 Å². The van der Waals surface area contributed by atoms with Crippen molar-refractivity contribution in [2.24, 2.45) is 5.92 Å². The highest BCUT2D eigenvalue weighted by Gasteiger charge is 2.19. The normalized spacial score (nSPS) is 19.4.